The first-order valence-electron chi connectivity index (χ1n) is 11.6. The van der Waals surface area contributed by atoms with Crippen molar-refractivity contribution in [2.45, 2.75) is 39.2 Å². The number of nitriles is 1. The monoisotopic (exact) mass is 463 g/mol. The lowest BCUT2D eigenvalue weighted by molar-refractivity contribution is 0.318. The van der Waals surface area contributed by atoms with E-state index in [4.69, 9.17) is 16.0 Å². The molecule has 2 aromatic rings. The average molecular weight is 464 g/mol. The molecule has 0 aromatic heterocycles. The summed E-state index contributed by atoms with van der Waals surface area (Å²) in [5, 5.41) is 9.24. The van der Waals surface area contributed by atoms with Crippen LogP contribution in [0.4, 0.5) is 5.69 Å². The van der Waals surface area contributed by atoms with Crippen molar-refractivity contribution in [2.24, 2.45) is 0 Å². The molecule has 0 radical (unpaired) electrons. The zero-order valence-corrected chi connectivity index (χ0v) is 20.6. The molecule has 0 aliphatic carbocycles. The van der Waals surface area contributed by atoms with Crippen molar-refractivity contribution < 1.29 is 9.47 Å². The molecule has 2 aliphatic rings. The molecular formula is C30H29N3O2. The first kappa shape index (κ1) is 23.9. The largest absolute Gasteiger partial charge is 0.495 e. The average Bonchev–Trinajstić information content (AvgIpc) is 2.85. The Hall–Kier alpha value is -4.22. The molecule has 0 saturated carbocycles. The van der Waals surface area contributed by atoms with E-state index in [1.807, 2.05) is 31.2 Å². The van der Waals surface area contributed by atoms with E-state index in [-0.39, 0.29) is 11.1 Å². The SMILES string of the molecule is [C-]#[N+]/C(C#N)=C1\C=C(C)OC(/C=C/c2cc(OC)c3c(c2)C(C)(C)CCN3Cc2ccccc2)=C1. The number of hydrogen-bond acceptors (Lipinski definition) is 4. The van der Waals surface area contributed by atoms with Crippen molar-refractivity contribution in [3.8, 4) is 11.8 Å². The van der Waals surface area contributed by atoms with Crippen molar-refractivity contribution in [3.05, 3.63) is 112 Å². The molecule has 0 unspecified atom stereocenters. The van der Waals surface area contributed by atoms with Gasteiger partial charge in [-0.3, -0.25) is 0 Å². The molecule has 0 bridgehead atoms. The summed E-state index contributed by atoms with van der Waals surface area (Å²) in [4.78, 5) is 5.73. The maximum atomic E-state index is 9.24. The summed E-state index contributed by atoms with van der Waals surface area (Å²) in [5.41, 5.74) is 5.30. The van der Waals surface area contributed by atoms with Crippen LogP contribution in [0.15, 0.2) is 83.5 Å². The summed E-state index contributed by atoms with van der Waals surface area (Å²) in [6.07, 6.45) is 8.33. The van der Waals surface area contributed by atoms with Gasteiger partial charge in [-0.1, -0.05) is 50.3 Å². The molecule has 0 amide bonds. The van der Waals surface area contributed by atoms with Gasteiger partial charge in [0.25, 0.3) is 5.70 Å². The lowest BCUT2D eigenvalue weighted by atomic mass is 9.76. The van der Waals surface area contributed by atoms with Gasteiger partial charge in [-0.2, -0.15) is 0 Å². The number of anilines is 1. The predicted octanol–water partition coefficient (Wildman–Crippen LogP) is 6.91. The van der Waals surface area contributed by atoms with E-state index in [1.165, 1.54) is 11.1 Å². The molecule has 0 saturated heterocycles. The Labute approximate surface area is 207 Å². The lowest BCUT2D eigenvalue weighted by Gasteiger charge is -2.41. The Kier molecular flexibility index (Phi) is 6.80. The molecular weight excluding hydrogens is 434 g/mol. The molecule has 0 fully saturated rings. The fourth-order valence-corrected chi connectivity index (χ4v) is 4.56. The molecule has 2 aliphatic heterocycles. The van der Waals surface area contributed by atoms with Crippen LogP contribution in [0.25, 0.3) is 10.9 Å². The molecule has 5 heteroatoms. The molecule has 2 heterocycles. The Morgan fingerprint density at radius 1 is 1.23 bits per heavy atom. The van der Waals surface area contributed by atoms with Crippen molar-refractivity contribution in [1.29, 1.82) is 5.26 Å². The summed E-state index contributed by atoms with van der Waals surface area (Å²) in [6, 6.07) is 16.7. The van der Waals surface area contributed by atoms with Crippen LogP contribution in [0.1, 0.15) is 43.9 Å². The highest BCUT2D eigenvalue weighted by Crippen LogP contribution is 2.46. The van der Waals surface area contributed by atoms with Gasteiger partial charge < -0.3 is 14.4 Å². The van der Waals surface area contributed by atoms with Crippen LogP contribution in [-0.4, -0.2) is 13.7 Å². The molecule has 0 atom stereocenters. The zero-order chi connectivity index (χ0) is 25.0. The normalized spacial score (nSPS) is 17.9. The van der Waals surface area contributed by atoms with Gasteiger partial charge in [-0.25, -0.2) is 10.1 Å². The molecule has 0 N–H and O–H groups in total. The third-order valence-electron chi connectivity index (χ3n) is 6.45. The number of benzene rings is 2. The Morgan fingerprint density at radius 2 is 2.00 bits per heavy atom. The number of ether oxygens (including phenoxy) is 2. The molecule has 176 valence electrons. The molecule has 35 heavy (non-hydrogen) atoms. The fraction of sp³-hybridized carbons (Fsp3) is 0.267. The second-order valence-corrected chi connectivity index (χ2v) is 9.43. The number of hydrogen-bond donors (Lipinski definition) is 0. The Balaban J connectivity index is 1.71. The minimum atomic E-state index is 0.00676. The van der Waals surface area contributed by atoms with Crippen molar-refractivity contribution in [2.75, 3.05) is 18.6 Å². The zero-order valence-electron chi connectivity index (χ0n) is 20.6. The fourth-order valence-electron chi connectivity index (χ4n) is 4.56. The number of fused-ring (bicyclic) bond motifs is 1. The van der Waals surface area contributed by atoms with Crippen molar-refractivity contribution >= 4 is 11.8 Å². The van der Waals surface area contributed by atoms with Gasteiger partial charge >= 0.3 is 0 Å². The second-order valence-electron chi connectivity index (χ2n) is 9.43. The van der Waals surface area contributed by atoms with Crippen LogP contribution < -0.4 is 9.64 Å². The minimum absolute atomic E-state index is 0.00676. The van der Waals surface area contributed by atoms with Gasteiger partial charge in [-0.05, 0) is 71.4 Å². The van der Waals surface area contributed by atoms with Gasteiger partial charge in [0.05, 0.1) is 25.4 Å². The van der Waals surface area contributed by atoms with Crippen LogP contribution in [0, 0.1) is 17.9 Å². The van der Waals surface area contributed by atoms with Gasteiger partial charge in [0, 0.05) is 13.1 Å². The van der Waals surface area contributed by atoms with E-state index in [0.29, 0.717) is 17.1 Å². The highest BCUT2D eigenvalue weighted by molar-refractivity contribution is 5.72. The van der Waals surface area contributed by atoms with Crippen molar-refractivity contribution in [3.63, 3.8) is 0 Å². The molecule has 5 nitrogen and oxygen atoms in total. The summed E-state index contributed by atoms with van der Waals surface area (Å²) >= 11 is 0. The highest BCUT2D eigenvalue weighted by atomic mass is 16.5. The van der Waals surface area contributed by atoms with Crippen LogP contribution in [0.3, 0.4) is 0 Å². The maximum absolute atomic E-state index is 9.24. The smallest absolute Gasteiger partial charge is 0.269 e. The van der Waals surface area contributed by atoms with Gasteiger partial charge in [-0.15, -0.1) is 0 Å². The lowest BCUT2D eigenvalue weighted by Crippen LogP contribution is -2.37. The van der Waals surface area contributed by atoms with E-state index in [0.717, 1.165) is 36.5 Å². The Morgan fingerprint density at radius 3 is 2.69 bits per heavy atom. The standard InChI is InChI=1S/C30H29N3O2/c1-21-15-24(27(19-31)32-4)18-25(35-21)12-11-23-16-26-29(28(17-23)34-5)33(14-13-30(26,2)3)20-22-9-7-6-8-10-22/h6-12,15-18H,13-14,20H2,1-3,5H3/b12-11+,27-24+. The Bertz CT molecular complexity index is 1320. The van der Waals surface area contributed by atoms with E-state index in [9.17, 15) is 5.26 Å². The maximum Gasteiger partial charge on any atom is 0.269 e. The first-order valence-corrected chi connectivity index (χ1v) is 11.6. The summed E-state index contributed by atoms with van der Waals surface area (Å²) in [7, 11) is 1.72. The predicted molar refractivity (Wildman–Crippen MR) is 139 cm³/mol. The van der Waals surface area contributed by atoms with Crippen molar-refractivity contribution in [1.82, 2.24) is 0 Å². The number of allylic oxidation sites excluding steroid dienone is 6. The third kappa shape index (κ3) is 5.15. The van der Waals surface area contributed by atoms with Crippen LogP contribution >= 0.6 is 0 Å². The highest BCUT2D eigenvalue weighted by Gasteiger charge is 2.33. The van der Waals surface area contributed by atoms with Gasteiger partial charge in [0.2, 0.25) is 0 Å². The summed E-state index contributed by atoms with van der Waals surface area (Å²) in [5.74, 6) is 2.07. The quantitative estimate of drug-likeness (QED) is 0.357. The van der Waals surface area contributed by atoms with E-state index >= 15 is 0 Å². The first-order chi connectivity index (χ1) is 16.8. The third-order valence-corrected chi connectivity index (χ3v) is 6.45. The molecule has 4 rings (SSSR count). The molecule has 2 aromatic carbocycles. The van der Waals surface area contributed by atoms with Gasteiger partial charge in [0.1, 0.15) is 17.3 Å². The molecule has 0 spiro atoms. The van der Waals surface area contributed by atoms with Gasteiger partial charge in [0.15, 0.2) is 0 Å². The topological polar surface area (TPSA) is 49.9 Å². The van der Waals surface area contributed by atoms with Crippen LogP contribution in [0.5, 0.6) is 5.75 Å². The second kappa shape index (κ2) is 9.95. The van der Waals surface area contributed by atoms with E-state index < -0.39 is 0 Å². The minimum Gasteiger partial charge on any atom is -0.495 e. The number of nitrogens with zero attached hydrogens (tertiary/aromatic N) is 3. The summed E-state index contributed by atoms with van der Waals surface area (Å²) < 4.78 is 11.7. The summed E-state index contributed by atoms with van der Waals surface area (Å²) in [6.45, 7) is 15.4. The number of methoxy groups -OCH3 is 1. The van der Waals surface area contributed by atoms with Crippen LogP contribution in [-0.2, 0) is 16.7 Å². The number of rotatable bonds is 5. The van der Waals surface area contributed by atoms with Crippen LogP contribution in [0.2, 0.25) is 0 Å². The van der Waals surface area contributed by atoms with E-state index in [1.54, 1.807) is 19.3 Å². The van der Waals surface area contributed by atoms with E-state index in [2.05, 4.69) is 60.0 Å².